The van der Waals surface area contributed by atoms with Crippen LogP contribution in [-0.2, 0) is 19.0 Å². The molecule has 0 aromatic carbocycles. The first kappa shape index (κ1) is 27.9. The quantitative estimate of drug-likeness (QED) is 0.357. The molecule has 0 bridgehead atoms. The minimum Gasteiger partial charge on any atom is -0.460 e. The molecule has 1 aliphatic heterocycles. The molecule has 37 heavy (non-hydrogen) atoms. The highest BCUT2D eigenvalue weighted by Gasteiger charge is 2.65. The smallest absolute Gasteiger partial charge is 0.306 e. The summed E-state index contributed by atoms with van der Waals surface area (Å²) in [5.74, 6) is 1.97. The van der Waals surface area contributed by atoms with Crippen molar-refractivity contribution in [1.82, 2.24) is 0 Å². The first-order valence-electron chi connectivity index (χ1n) is 15.1. The van der Waals surface area contributed by atoms with Crippen molar-refractivity contribution in [3.8, 4) is 0 Å². The molecule has 0 radical (unpaired) electrons. The molecule has 1 heterocycles. The number of carbonyl (C=O) groups is 1. The van der Waals surface area contributed by atoms with Crippen LogP contribution in [0.4, 0.5) is 0 Å². The van der Waals surface area contributed by atoms with Gasteiger partial charge in [0.15, 0.2) is 0 Å². The number of rotatable bonds is 7. The summed E-state index contributed by atoms with van der Waals surface area (Å²) >= 11 is 0. The second kappa shape index (κ2) is 10.1. The standard InChI is InChI=1S/C31H52O6/c1-18(7-10-27(34)37-29(2,3)4)22-8-9-23-28-24(15-26(33)31(22,23)6)30(5)12-11-20(35-16-21-17-36-21)13-19(30)14-25(28)32/h18-26,28,32-33H,7-17H2,1-6H3/t18-,19+,20-,21?,22-,23+,24+,25-,26+,28+,30+,31-/m1/s1. The normalized spacial score (nSPS) is 47.9. The number of esters is 1. The van der Waals surface area contributed by atoms with Gasteiger partial charge in [0.1, 0.15) is 11.7 Å². The van der Waals surface area contributed by atoms with Crippen molar-refractivity contribution in [2.45, 2.75) is 129 Å². The highest BCUT2D eigenvalue weighted by Crippen LogP contribution is 2.68. The van der Waals surface area contributed by atoms with Gasteiger partial charge >= 0.3 is 5.97 Å². The lowest BCUT2D eigenvalue weighted by Crippen LogP contribution is -2.62. The largest absolute Gasteiger partial charge is 0.460 e. The maximum Gasteiger partial charge on any atom is 0.306 e. The van der Waals surface area contributed by atoms with Crippen molar-refractivity contribution >= 4 is 5.97 Å². The van der Waals surface area contributed by atoms with Crippen LogP contribution in [0.5, 0.6) is 0 Å². The van der Waals surface area contributed by atoms with Gasteiger partial charge in [-0.1, -0.05) is 20.8 Å². The number of fused-ring (bicyclic) bond motifs is 5. The molecule has 12 atom stereocenters. The number of carbonyl (C=O) groups excluding carboxylic acids is 1. The number of hydrogen-bond acceptors (Lipinski definition) is 6. The van der Waals surface area contributed by atoms with E-state index >= 15 is 0 Å². The van der Waals surface area contributed by atoms with Crippen LogP contribution in [-0.4, -0.2) is 59.4 Å². The van der Waals surface area contributed by atoms with Crippen molar-refractivity contribution in [3.63, 3.8) is 0 Å². The summed E-state index contributed by atoms with van der Waals surface area (Å²) in [5, 5.41) is 23.4. The van der Waals surface area contributed by atoms with Gasteiger partial charge in [0, 0.05) is 6.42 Å². The Labute approximate surface area is 224 Å². The van der Waals surface area contributed by atoms with Crippen molar-refractivity contribution in [2.75, 3.05) is 13.2 Å². The summed E-state index contributed by atoms with van der Waals surface area (Å²) in [5.41, 5.74) is -0.507. The van der Waals surface area contributed by atoms with Crippen molar-refractivity contribution in [2.24, 2.45) is 46.3 Å². The third kappa shape index (κ3) is 5.26. The van der Waals surface area contributed by atoms with Crippen molar-refractivity contribution < 1.29 is 29.2 Å². The predicted octanol–water partition coefficient (Wildman–Crippen LogP) is 5.13. The van der Waals surface area contributed by atoms with Crippen LogP contribution in [0.25, 0.3) is 0 Å². The second-order valence-corrected chi connectivity index (χ2v) is 14.9. The molecule has 0 aromatic rings. The fraction of sp³-hybridized carbons (Fsp3) is 0.968. The molecule has 0 aromatic heterocycles. The van der Waals surface area contributed by atoms with E-state index in [0.29, 0.717) is 48.7 Å². The maximum absolute atomic E-state index is 12.4. The highest BCUT2D eigenvalue weighted by molar-refractivity contribution is 5.69. The van der Waals surface area contributed by atoms with Crippen LogP contribution in [0.3, 0.4) is 0 Å². The molecule has 5 rings (SSSR count). The van der Waals surface area contributed by atoms with Gasteiger partial charge in [-0.3, -0.25) is 4.79 Å². The zero-order valence-electron chi connectivity index (χ0n) is 24.1. The van der Waals surface area contributed by atoms with Gasteiger partial charge < -0.3 is 24.4 Å². The van der Waals surface area contributed by atoms with Gasteiger partial charge in [0.25, 0.3) is 0 Å². The highest BCUT2D eigenvalue weighted by atomic mass is 16.6. The van der Waals surface area contributed by atoms with E-state index in [0.717, 1.165) is 58.0 Å². The zero-order chi connectivity index (χ0) is 26.8. The van der Waals surface area contributed by atoms with E-state index in [1.54, 1.807) is 0 Å². The van der Waals surface area contributed by atoms with Crippen molar-refractivity contribution in [3.05, 3.63) is 0 Å². The average molecular weight is 521 g/mol. The van der Waals surface area contributed by atoms with E-state index in [4.69, 9.17) is 14.2 Å². The second-order valence-electron chi connectivity index (χ2n) is 14.9. The Morgan fingerprint density at radius 1 is 1.08 bits per heavy atom. The van der Waals surface area contributed by atoms with E-state index < -0.39 is 5.60 Å². The number of aliphatic hydroxyl groups is 2. The summed E-state index contributed by atoms with van der Waals surface area (Å²) in [4.78, 5) is 12.4. The number of aliphatic hydroxyl groups excluding tert-OH is 2. The third-order valence-electron chi connectivity index (χ3n) is 11.6. The topological polar surface area (TPSA) is 88.5 Å². The van der Waals surface area contributed by atoms with E-state index in [2.05, 4.69) is 20.8 Å². The summed E-state index contributed by atoms with van der Waals surface area (Å²) in [7, 11) is 0. The number of hydrogen-bond donors (Lipinski definition) is 2. The molecule has 212 valence electrons. The van der Waals surface area contributed by atoms with E-state index in [-0.39, 0.29) is 41.0 Å². The van der Waals surface area contributed by atoms with Gasteiger partial charge in [0.2, 0.25) is 0 Å². The molecule has 5 fully saturated rings. The van der Waals surface area contributed by atoms with Crippen LogP contribution >= 0.6 is 0 Å². The minimum atomic E-state index is -0.457. The molecule has 4 aliphatic carbocycles. The first-order chi connectivity index (χ1) is 17.3. The first-order valence-corrected chi connectivity index (χ1v) is 15.1. The fourth-order valence-electron chi connectivity index (χ4n) is 9.61. The summed E-state index contributed by atoms with van der Waals surface area (Å²) in [6.07, 6.45) is 8.12. The van der Waals surface area contributed by atoms with Crippen LogP contribution < -0.4 is 0 Å². The van der Waals surface area contributed by atoms with Gasteiger partial charge in [-0.25, -0.2) is 0 Å². The lowest BCUT2D eigenvalue weighted by molar-refractivity contribution is -0.209. The SMILES string of the molecule is C[C@H](CCC(=O)OC(C)(C)C)[C@H]1CC[C@H]2[C@@H]3[C@H](O)C[C@@H]4C[C@H](OCC5CO5)CC[C@]4(C)[C@H]3C[C@H](O)[C@]12C. The Hall–Kier alpha value is -0.690. The van der Waals surface area contributed by atoms with Crippen molar-refractivity contribution in [1.29, 1.82) is 0 Å². The van der Waals surface area contributed by atoms with Gasteiger partial charge in [0.05, 0.1) is 31.5 Å². The molecule has 0 spiro atoms. The third-order valence-corrected chi connectivity index (χ3v) is 11.6. The molecule has 1 saturated heterocycles. The zero-order valence-corrected chi connectivity index (χ0v) is 24.1. The monoisotopic (exact) mass is 520 g/mol. The van der Waals surface area contributed by atoms with Crippen LogP contribution in [0, 0.1) is 46.3 Å². The number of epoxide rings is 1. The summed E-state index contributed by atoms with van der Waals surface area (Å²) in [6.45, 7) is 14.3. The Bertz CT molecular complexity index is 834. The Balaban J connectivity index is 1.27. The summed E-state index contributed by atoms with van der Waals surface area (Å²) < 4.78 is 17.1. The molecule has 4 saturated carbocycles. The fourth-order valence-corrected chi connectivity index (χ4v) is 9.61. The number of ether oxygens (including phenoxy) is 3. The van der Waals surface area contributed by atoms with Crippen LogP contribution in [0.1, 0.15) is 99.3 Å². The van der Waals surface area contributed by atoms with Gasteiger partial charge in [-0.05, 0) is 118 Å². The molecule has 5 aliphatic rings. The lowest BCUT2D eigenvalue weighted by atomic mass is 9.43. The Morgan fingerprint density at radius 3 is 2.49 bits per heavy atom. The molecule has 0 amide bonds. The van der Waals surface area contributed by atoms with Gasteiger partial charge in [-0.2, -0.15) is 0 Å². The van der Waals surface area contributed by atoms with E-state index in [1.165, 1.54) is 0 Å². The molecular formula is C31H52O6. The molecule has 6 heteroatoms. The van der Waals surface area contributed by atoms with E-state index in [9.17, 15) is 15.0 Å². The van der Waals surface area contributed by atoms with E-state index in [1.807, 2.05) is 20.8 Å². The predicted molar refractivity (Wildman–Crippen MR) is 142 cm³/mol. The summed E-state index contributed by atoms with van der Waals surface area (Å²) in [6, 6.07) is 0. The average Bonchev–Trinajstić information content (AvgIpc) is 3.57. The van der Waals surface area contributed by atoms with Gasteiger partial charge in [-0.15, -0.1) is 0 Å². The molecule has 1 unspecified atom stereocenters. The molecular weight excluding hydrogens is 468 g/mol. The Morgan fingerprint density at radius 2 is 1.81 bits per heavy atom. The molecule has 6 nitrogen and oxygen atoms in total. The Kier molecular flexibility index (Phi) is 7.57. The maximum atomic E-state index is 12.4. The molecule has 2 N–H and O–H groups in total. The van der Waals surface area contributed by atoms with Crippen LogP contribution in [0.2, 0.25) is 0 Å². The minimum absolute atomic E-state index is 0.130. The van der Waals surface area contributed by atoms with Crippen LogP contribution in [0.15, 0.2) is 0 Å². The lowest BCUT2D eigenvalue weighted by Gasteiger charge is -2.63.